The lowest BCUT2D eigenvalue weighted by atomic mass is 10.0. The predicted molar refractivity (Wildman–Crippen MR) is 77.5 cm³/mol. The molecule has 0 spiro atoms. The van der Waals surface area contributed by atoms with Gasteiger partial charge in [0.2, 0.25) is 0 Å². The van der Waals surface area contributed by atoms with E-state index in [0.717, 1.165) is 0 Å². The van der Waals surface area contributed by atoms with Crippen molar-refractivity contribution in [2.45, 2.75) is 32.2 Å². The summed E-state index contributed by atoms with van der Waals surface area (Å²) in [7, 11) is 0. The van der Waals surface area contributed by atoms with Crippen LogP contribution in [-0.4, -0.2) is 27.4 Å². The van der Waals surface area contributed by atoms with Gasteiger partial charge in [-0.15, -0.1) is 0 Å². The number of hydrogen-bond donors (Lipinski definition) is 2. The highest BCUT2D eigenvalue weighted by Gasteiger charge is 2.27. The molecule has 0 atom stereocenters. The fraction of sp³-hybridized carbons (Fsp3) is 0.357. The lowest BCUT2D eigenvalue weighted by molar-refractivity contribution is -0.142. The van der Waals surface area contributed by atoms with Crippen LogP contribution < -0.4 is 5.32 Å². The van der Waals surface area contributed by atoms with E-state index in [9.17, 15) is 9.59 Å². The topological polar surface area (TPSA) is 66.4 Å². The summed E-state index contributed by atoms with van der Waals surface area (Å²) >= 11 is 5.06. The molecule has 2 N–H and O–H groups in total. The molecule has 0 aliphatic carbocycles. The fourth-order valence-electron chi connectivity index (χ4n) is 1.46. The molecular weight excluding hydrogens is 262 g/mol. The van der Waals surface area contributed by atoms with E-state index in [2.05, 4.69) is 5.32 Å². The molecule has 0 amide bonds. The molecule has 5 heteroatoms. The zero-order chi connectivity index (χ0) is 14.5. The van der Waals surface area contributed by atoms with Crippen LogP contribution in [0.2, 0.25) is 0 Å². The number of carboxylic acid groups (broad SMARTS) is 1. The van der Waals surface area contributed by atoms with Gasteiger partial charge in [0.15, 0.2) is 5.78 Å². The Bertz CT molecular complexity index is 483. The van der Waals surface area contributed by atoms with Crippen LogP contribution in [0.3, 0.4) is 0 Å². The third-order valence-corrected chi connectivity index (χ3v) is 2.97. The maximum absolute atomic E-state index is 11.8. The fourth-order valence-corrected chi connectivity index (χ4v) is 1.82. The molecule has 1 rings (SSSR count). The number of aliphatic carboxylic acids is 1. The number of hydrogen-bond acceptors (Lipinski definition) is 3. The summed E-state index contributed by atoms with van der Waals surface area (Å²) in [5, 5.41) is 11.7. The van der Waals surface area contributed by atoms with Crippen molar-refractivity contribution in [1.82, 2.24) is 5.32 Å². The maximum Gasteiger partial charge on any atom is 0.328 e. The lowest BCUT2D eigenvalue weighted by Crippen LogP contribution is -2.49. The van der Waals surface area contributed by atoms with Gasteiger partial charge in [0.25, 0.3) is 0 Å². The van der Waals surface area contributed by atoms with Crippen molar-refractivity contribution >= 4 is 29.0 Å². The molecule has 0 bridgehead atoms. The van der Waals surface area contributed by atoms with Crippen molar-refractivity contribution in [2.75, 3.05) is 0 Å². The Balaban J connectivity index is 2.48. The van der Waals surface area contributed by atoms with E-state index in [0.29, 0.717) is 17.0 Å². The van der Waals surface area contributed by atoms with Gasteiger partial charge < -0.3 is 10.4 Å². The van der Waals surface area contributed by atoms with Crippen molar-refractivity contribution in [1.29, 1.82) is 0 Å². The van der Waals surface area contributed by atoms with Gasteiger partial charge in [-0.05, 0) is 13.8 Å². The molecule has 0 unspecified atom stereocenters. The number of carbonyl (C=O) groups is 2. The van der Waals surface area contributed by atoms with Gasteiger partial charge in [-0.1, -0.05) is 42.5 Å². The number of rotatable bonds is 6. The number of carboxylic acids is 1. The smallest absolute Gasteiger partial charge is 0.328 e. The van der Waals surface area contributed by atoms with Crippen LogP contribution >= 0.6 is 12.2 Å². The third kappa shape index (κ3) is 4.79. The second-order valence-corrected chi connectivity index (χ2v) is 5.26. The minimum absolute atomic E-state index is 0.00196. The van der Waals surface area contributed by atoms with E-state index in [1.807, 2.05) is 6.07 Å². The Morgan fingerprint density at radius 2 is 1.79 bits per heavy atom. The number of ketones is 1. The van der Waals surface area contributed by atoms with Crippen molar-refractivity contribution in [3.05, 3.63) is 35.9 Å². The average molecular weight is 279 g/mol. The molecule has 1 aromatic rings. The van der Waals surface area contributed by atoms with E-state index in [-0.39, 0.29) is 12.2 Å². The number of carbonyl (C=O) groups excluding carboxylic acids is 1. The molecule has 0 saturated carbocycles. The second kappa shape index (κ2) is 6.43. The molecule has 0 aromatic heterocycles. The van der Waals surface area contributed by atoms with E-state index >= 15 is 0 Å². The normalized spacial score (nSPS) is 10.8. The van der Waals surface area contributed by atoms with Crippen LogP contribution in [0, 0.1) is 0 Å². The van der Waals surface area contributed by atoms with Crippen molar-refractivity contribution in [3.8, 4) is 0 Å². The first-order valence-electron chi connectivity index (χ1n) is 5.95. The Kier molecular flexibility index (Phi) is 5.18. The van der Waals surface area contributed by atoms with Crippen LogP contribution in [0.25, 0.3) is 0 Å². The van der Waals surface area contributed by atoms with E-state index in [1.165, 1.54) is 13.8 Å². The Hall–Kier alpha value is -1.75. The SMILES string of the molecule is CC(C)(NC(=S)CCC(=O)c1ccccc1)C(=O)O. The largest absolute Gasteiger partial charge is 0.480 e. The van der Waals surface area contributed by atoms with Gasteiger partial charge in [0.1, 0.15) is 5.54 Å². The lowest BCUT2D eigenvalue weighted by Gasteiger charge is -2.22. The summed E-state index contributed by atoms with van der Waals surface area (Å²) in [4.78, 5) is 23.2. The summed E-state index contributed by atoms with van der Waals surface area (Å²) in [5.74, 6) is -0.984. The number of benzene rings is 1. The van der Waals surface area contributed by atoms with Crippen molar-refractivity contribution < 1.29 is 14.7 Å². The van der Waals surface area contributed by atoms with E-state index in [1.54, 1.807) is 24.3 Å². The molecule has 0 aliphatic rings. The van der Waals surface area contributed by atoms with Crippen LogP contribution in [0.15, 0.2) is 30.3 Å². The number of nitrogens with one attached hydrogen (secondary N) is 1. The standard InChI is InChI=1S/C14H17NO3S/c1-14(2,13(17)18)15-12(19)9-8-11(16)10-6-4-3-5-7-10/h3-7H,8-9H2,1-2H3,(H,15,19)(H,17,18). The zero-order valence-electron chi connectivity index (χ0n) is 11.0. The van der Waals surface area contributed by atoms with Crippen molar-refractivity contribution in [3.63, 3.8) is 0 Å². The van der Waals surface area contributed by atoms with Gasteiger partial charge in [0, 0.05) is 18.4 Å². The Morgan fingerprint density at radius 3 is 2.32 bits per heavy atom. The maximum atomic E-state index is 11.8. The molecular formula is C14H17NO3S. The van der Waals surface area contributed by atoms with Gasteiger partial charge in [-0.2, -0.15) is 0 Å². The first-order chi connectivity index (χ1) is 8.83. The highest BCUT2D eigenvalue weighted by Crippen LogP contribution is 2.08. The number of Topliss-reactive ketones (excluding diaryl/α,β-unsaturated/α-hetero) is 1. The first-order valence-corrected chi connectivity index (χ1v) is 6.36. The summed E-state index contributed by atoms with van der Waals surface area (Å²) in [6.07, 6.45) is 0.616. The second-order valence-electron chi connectivity index (χ2n) is 4.77. The molecule has 19 heavy (non-hydrogen) atoms. The van der Waals surface area contributed by atoms with Gasteiger partial charge in [-0.3, -0.25) is 4.79 Å². The minimum Gasteiger partial charge on any atom is -0.480 e. The molecule has 0 radical (unpaired) electrons. The van der Waals surface area contributed by atoms with Gasteiger partial charge in [0.05, 0.1) is 4.99 Å². The molecule has 0 heterocycles. The summed E-state index contributed by atoms with van der Waals surface area (Å²) in [5.41, 5.74) is -0.477. The summed E-state index contributed by atoms with van der Waals surface area (Å²) < 4.78 is 0. The van der Waals surface area contributed by atoms with Gasteiger partial charge in [-0.25, -0.2) is 4.79 Å². The van der Waals surface area contributed by atoms with Crippen LogP contribution in [-0.2, 0) is 4.79 Å². The molecule has 4 nitrogen and oxygen atoms in total. The molecule has 102 valence electrons. The van der Waals surface area contributed by atoms with Crippen LogP contribution in [0.4, 0.5) is 0 Å². The average Bonchev–Trinajstić information content (AvgIpc) is 2.36. The Morgan fingerprint density at radius 1 is 1.21 bits per heavy atom. The van der Waals surface area contributed by atoms with Gasteiger partial charge >= 0.3 is 5.97 Å². The van der Waals surface area contributed by atoms with Crippen LogP contribution in [0.5, 0.6) is 0 Å². The minimum atomic E-state index is -1.12. The zero-order valence-corrected chi connectivity index (χ0v) is 11.8. The molecule has 0 saturated heterocycles. The molecule has 0 fully saturated rings. The third-order valence-electron chi connectivity index (χ3n) is 2.66. The highest BCUT2D eigenvalue weighted by atomic mass is 32.1. The Labute approximate surface area is 117 Å². The monoisotopic (exact) mass is 279 g/mol. The molecule has 1 aromatic carbocycles. The number of thiocarbonyl (C=S) groups is 1. The van der Waals surface area contributed by atoms with Crippen molar-refractivity contribution in [2.24, 2.45) is 0 Å². The quantitative estimate of drug-likeness (QED) is 0.618. The van der Waals surface area contributed by atoms with E-state index in [4.69, 9.17) is 17.3 Å². The predicted octanol–water partition coefficient (Wildman–Crippen LogP) is 2.43. The first kappa shape index (κ1) is 15.3. The van der Waals surface area contributed by atoms with Crippen LogP contribution in [0.1, 0.15) is 37.0 Å². The summed E-state index contributed by atoms with van der Waals surface area (Å²) in [6, 6.07) is 8.95. The molecule has 0 aliphatic heterocycles. The highest BCUT2D eigenvalue weighted by molar-refractivity contribution is 7.80. The van der Waals surface area contributed by atoms with E-state index < -0.39 is 11.5 Å². The summed E-state index contributed by atoms with van der Waals surface area (Å²) in [6.45, 7) is 3.06.